The predicted octanol–water partition coefficient (Wildman–Crippen LogP) is 0.770. The molecule has 0 spiro atoms. The molecule has 0 atom stereocenters. The van der Waals surface area contributed by atoms with E-state index in [1.807, 2.05) is 0 Å². The van der Waals surface area contributed by atoms with Crippen molar-refractivity contribution >= 4 is 5.97 Å². The largest absolute Gasteiger partial charge is 0.481 e. The van der Waals surface area contributed by atoms with Crippen LogP contribution in [0.25, 0.3) is 0 Å². The van der Waals surface area contributed by atoms with E-state index in [-0.39, 0.29) is 0 Å². The highest BCUT2D eigenvalue weighted by Crippen LogP contribution is 1.98. The number of nitrogens with one attached hydrogen (secondary N) is 5. The van der Waals surface area contributed by atoms with Crippen LogP contribution >= 0.6 is 0 Å². The SMILES string of the molecule is CCNCCNCCCCCNCCNCCNCCCCCC(=O)O. The van der Waals surface area contributed by atoms with Crippen LogP contribution in [-0.4, -0.2) is 76.5 Å². The third-order valence-corrected chi connectivity index (χ3v) is 4.14. The van der Waals surface area contributed by atoms with Crippen LogP contribution in [-0.2, 0) is 4.79 Å². The van der Waals surface area contributed by atoms with E-state index >= 15 is 0 Å². The quantitative estimate of drug-likeness (QED) is 0.156. The highest BCUT2D eigenvalue weighted by Gasteiger charge is 1.96. The molecule has 0 saturated carbocycles. The second-order valence-corrected chi connectivity index (χ2v) is 6.62. The normalized spacial score (nSPS) is 11.1. The summed E-state index contributed by atoms with van der Waals surface area (Å²) in [7, 11) is 0. The molecule has 0 radical (unpaired) electrons. The number of aliphatic carboxylic acids is 1. The Morgan fingerprint density at radius 1 is 0.577 bits per heavy atom. The third-order valence-electron chi connectivity index (χ3n) is 4.14. The minimum atomic E-state index is -0.691. The number of hydrogen-bond acceptors (Lipinski definition) is 6. The lowest BCUT2D eigenvalue weighted by Crippen LogP contribution is -2.33. The molecule has 0 amide bonds. The second-order valence-electron chi connectivity index (χ2n) is 6.62. The summed E-state index contributed by atoms with van der Waals surface area (Å²) in [5, 5.41) is 25.6. The first-order chi connectivity index (χ1) is 12.8. The highest BCUT2D eigenvalue weighted by molar-refractivity contribution is 5.66. The standard InChI is InChI=1S/C19H43N5O2/c1-2-20-13-14-21-11-7-4-8-12-23-16-18-24-17-15-22-10-6-3-5-9-19(25)26/h20-24H,2-18H2,1H3,(H,25,26). The maximum Gasteiger partial charge on any atom is 0.303 e. The number of unbranched alkanes of at least 4 members (excludes halogenated alkanes) is 4. The van der Waals surface area contributed by atoms with Gasteiger partial charge in [-0.25, -0.2) is 0 Å². The Morgan fingerprint density at radius 3 is 1.38 bits per heavy atom. The van der Waals surface area contributed by atoms with Gasteiger partial charge in [0.1, 0.15) is 0 Å². The van der Waals surface area contributed by atoms with Gasteiger partial charge in [-0.15, -0.1) is 0 Å². The minimum Gasteiger partial charge on any atom is -0.481 e. The molecule has 0 rings (SSSR count). The summed E-state index contributed by atoms with van der Waals surface area (Å²) in [6, 6.07) is 0. The Kier molecular flexibility index (Phi) is 21.7. The third kappa shape index (κ3) is 23.3. The van der Waals surface area contributed by atoms with Gasteiger partial charge in [0.15, 0.2) is 0 Å². The van der Waals surface area contributed by atoms with Gasteiger partial charge in [0.2, 0.25) is 0 Å². The number of carbonyl (C=O) groups is 1. The molecule has 0 aromatic rings. The van der Waals surface area contributed by atoms with Crippen molar-refractivity contribution in [3.63, 3.8) is 0 Å². The Morgan fingerprint density at radius 2 is 0.962 bits per heavy atom. The van der Waals surface area contributed by atoms with E-state index < -0.39 is 5.97 Å². The Balaban J connectivity index is 2.98. The van der Waals surface area contributed by atoms with Crippen molar-refractivity contribution in [3.05, 3.63) is 0 Å². The van der Waals surface area contributed by atoms with Gasteiger partial charge >= 0.3 is 5.97 Å². The molecule has 0 bridgehead atoms. The number of carboxylic acids is 1. The van der Waals surface area contributed by atoms with Crippen molar-refractivity contribution in [1.82, 2.24) is 26.6 Å². The van der Waals surface area contributed by atoms with E-state index in [1.54, 1.807) is 0 Å². The molecule has 0 heterocycles. The van der Waals surface area contributed by atoms with Crippen molar-refractivity contribution in [2.24, 2.45) is 0 Å². The Bertz CT molecular complexity index is 293. The van der Waals surface area contributed by atoms with E-state index in [0.29, 0.717) is 6.42 Å². The molecule has 0 aliphatic rings. The van der Waals surface area contributed by atoms with Gasteiger partial charge in [0.25, 0.3) is 0 Å². The van der Waals surface area contributed by atoms with Crippen molar-refractivity contribution in [1.29, 1.82) is 0 Å². The molecule has 0 unspecified atom stereocenters. The summed E-state index contributed by atoms with van der Waals surface area (Å²) in [6.07, 6.45) is 6.91. The topological polar surface area (TPSA) is 97.5 Å². The molecule has 0 saturated heterocycles. The van der Waals surface area contributed by atoms with Gasteiger partial charge in [-0.05, 0) is 51.9 Å². The number of hydrogen-bond donors (Lipinski definition) is 6. The van der Waals surface area contributed by atoms with Gasteiger partial charge in [-0.3, -0.25) is 4.79 Å². The Labute approximate surface area is 160 Å². The Hall–Kier alpha value is -0.730. The smallest absolute Gasteiger partial charge is 0.303 e. The summed E-state index contributed by atoms with van der Waals surface area (Å²) in [5.74, 6) is -0.691. The predicted molar refractivity (Wildman–Crippen MR) is 110 cm³/mol. The first-order valence-corrected chi connectivity index (χ1v) is 10.5. The summed E-state index contributed by atoms with van der Waals surface area (Å²) >= 11 is 0. The van der Waals surface area contributed by atoms with Gasteiger partial charge in [0.05, 0.1) is 0 Å². The summed E-state index contributed by atoms with van der Waals surface area (Å²) in [5.41, 5.74) is 0. The van der Waals surface area contributed by atoms with E-state index in [2.05, 4.69) is 33.5 Å². The lowest BCUT2D eigenvalue weighted by molar-refractivity contribution is -0.137. The lowest BCUT2D eigenvalue weighted by atomic mass is 10.2. The summed E-state index contributed by atoms with van der Waals surface area (Å²) in [6.45, 7) is 12.5. The molecule has 0 aromatic carbocycles. The molecule has 0 aliphatic heterocycles. The maximum absolute atomic E-state index is 10.4. The zero-order valence-corrected chi connectivity index (χ0v) is 16.9. The summed E-state index contributed by atoms with van der Waals surface area (Å²) in [4.78, 5) is 10.4. The van der Waals surface area contributed by atoms with Crippen molar-refractivity contribution in [2.45, 2.75) is 51.9 Å². The first kappa shape index (κ1) is 25.3. The molecular formula is C19H43N5O2. The highest BCUT2D eigenvalue weighted by atomic mass is 16.4. The van der Waals surface area contributed by atoms with Gasteiger partial charge in [-0.1, -0.05) is 19.8 Å². The summed E-state index contributed by atoms with van der Waals surface area (Å²) < 4.78 is 0. The van der Waals surface area contributed by atoms with Crippen molar-refractivity contribution < 1.29 is 9.90 Å². The number of carboxylic acid groups (broad SMARTS) is 1. The average molecular weight is 374 g/mol. The minimum absolute atomic E-state index is 0.294. The fourth-order valence-electron chi connectivity index (χ4n) is 2.59. The monoisotopic (exact) mass is 373 g/mol. The van der Waals surface area contributed by atoms with Gasteiger partial charge in [0, 0.05) is 45.7 Å². The van der Waals surface area contributed by atoms with Crippen molar-refractivity contribution in [3.8, 4) is 0 Å². The van der Waals surface area contributed by atoms with E-state index in [9.17, 15) is 4.79 Å². The van der Waals surface area contributed by atoms with Crippen LogP contribution in [0.1, 0.15) is 51.9 Å². The zero-order chi connectivity index (χ0) is 19.1. The molecular weight excluding hydrogens is 330 g/mol. The maximum atomic E-state index is 10.4. The first-order valence-electron chi connectivity index (χ1n) is 10.5. The molecule has 6 N–H and O–H groups in total. The zero-order valence-electron chi connectivity index (χ0n) is 16.9. The van der Waals surface area contributed by atoms with E-state index in [1.165, 1.54) is 19.3 Å². The van der Waals surface area contributed by atoms with Crippen LogP contribution in [0.4, 0.5) is 0 Å². The van der Waals surface area contributed by atoms with Gasteiger partial charge in [-0.2, -0.15) is 0 Å². The van der Waals surface area contributed by atoms with E-state index in [4.69, 9.17) is 5.11 Å². The van der Waals surface area contributed by atoms with Gasteiger partial charge < -0.3 is 31.7 Å². The molecule has 7 heteroatoms. The number of likely N-dealkylation sites (N-methyl/N-ethyl adjacent to an activating group) is 1. The average Bonchev–Trinajstić information content (AvgIpc) is 2.62. The van der Waals surface area contributed by atoms with Crippen molar-refractivity contribution in [2.75, 3.05) is 65.4 Å². The molecule has 0 aliphatic carbocycles. The van der Waals surface area contributed by atoms with Crippen LogP contribution in [0.15, 0.2) is 0 Å². The molecule has 156 valence electrons. The molecule has 7 nitrogen and oxygen atoms in total. The van der Waals surface area contributed by atoms with Crippen LogP contribution < -0.4 is 26.6 Å². The van der Waals surface area contributed by atoms with Crippen LogP contribution in [0.5, 0.6) is 0 Å². The second kappa shape index (κ2) is 22.3. The lowest BCUT2D eigenvalue weighted by Gasteiger charge is -2.08. The van der Waals surface area contributed by atoms with Crippen LogP contribution in [0.3, 0.4) is 0 Å². The van der Waals surface area contributed by atoms with E-state index in [0.717, 1.165) is 84.7 Å². The number of rotatable bonds is 22. The molecule has 0 aromatic heterocycles. The fraction of sp³-hybridized carbons (Fsp3) is 0.947. The van der Waals surface area contributed by atoms with Crippen LogP contribution in [0, 0.1) is 0 Å². The van der Waals surface area contributed by atoms with Crippen LogP contribution in [0.2, 0.25) is 0 Å². The molecule has 0 fully saturated rings. The fourth-order valence-corrected chi connectivity index (χ4v) is 2.59. The molecule has 26 heavy (non-hydrogen) atoms.